The van der Waals surface area contributed by atoms with Gasteiger partial charge in [-0.2, -0.15) is 0 Å². The van der Waals surface area contributed by atoms with E-state index in [9.17, 15) is 0 Å². The van der Waals surface area contributed by atoms with Gasteiger partial charge in [-0.05, 0) is 5.92 Å². The fraction of sp³-hybridized carbons (Fsp3) is 0.981. The minimum atomic E-state index is 0.903. The monoisotopic (exact) mass is 744 g/mol. The molecule has 319 valence electrons. The Morgan fingerprint density at radius 2 is 0.340 bits per heavy atom. The molecule has 0 aromatic heterocycles. The summed E-state index contributed by atoms with van der Waals surface area (Å²) in [5.74, 6) is 0.903. The summed E-state index contributed by atoms with van der Waals surface area (Å²) in [6.07, 6.45) is 72.0. The third-order valence-corrected chi connectivity index (χ3v) is 12.8. The molecule has 0 nitrogen and oxygen atoms in total. The minimum absolute atomic E-state index is 0.903. The van der Waals surface area contributed by atoms with E-state index < -0.39 is 0 Å². The molecule has 53 heavy (non-hydrogen) atoms. The predicted molar refractivity (Wildman–Crippen MR) is 246 cm³/mol. The van der Waals surface area contributed by atoms with Crippen LogP contribution >= 0.6 is 0 Å². The smallest absolute Gasteiger partial charge is 0.0414 e. The van der Waals surface area contributed by atoms with Gasteiger partial charge in [-0.25, -0.2) is 0 Å². The lowest BCUT2D eigenvalue weighted by molar-refractivity contribution is 0.404. The fourth-order valence-electron chi connectivity index (χ4n) is 8.87. The van der Waals surface area contributed by atoms with E-state index in [1.807, 2.05) is 0 Å². The Bertz CT molecular complexity index is 543. The van der Waals surface area contributed by atoms with Crippen molar-refractivity contribution < 1.29 is 0 Å². The number of rotatable bonds is 49. The summed E-state index contributed by atoms with van der Waals surface area (Å²) >= 11 is 0. The Labute approximate surface area is 340 Å². The molecular formula is C53H107. The third kappa shape index (κ3) is 48.1. The first-order valence-electron chi connectivity index (χ1n) is 26.1. The van der Waals surface area contributed by atoms with Crippen LogP contribution in [0.1, 0.15) is 328 Å². The van der Waals surface area contributed by atoms with Crippen LogP contribution in [-0.2, 0) is 0 Å². The van der Waals surface area contributed by atoms with E-state index in [1.165, 1.54) is 315 Å². The SMILES string of the molecule is [CH2]CC(CCCCCCCCCCCCCCCCCCCCCCCCC)CCCCCCCCCCCCCCCCCCCCCCCCC. The maximum atomic E-state index is 4.31. The summed E-state index contributed by atoms with van der Waals surface area (Å²) in [7, 11) is 0. The summed E-state index contributed by atoms with van der Waals surface area (Å²) in [5.41, 5.74) is 0. The summed E-state index contributed by atoms with van der Waals surface area (Å²) in [6, 6.07) is 0. The average molecular weight is 744 g/mol. The van der Waals surface area contributed by atoms with E-state index >= 15 is 0 Å². The van der Waals surface area contributed by atoms with Crippen LogP contribution in [0.4, 0.5) is 0 Å². The van der Waals surface area contributed by atoms with Gasteiger partial charge in [0, 0.05) is 0 Å². The lowest BCUT2D eigenvalue weighted by Crippen LogP contribution is -1.99. The molecule has 0 rings (SSSR count). The van der Waals surface area contributed by atoms with Crippen molar-refractivity contribution in [2.24, 2.45) is 5.92 Å². The maximum Gasteiger partial charge on any atom is -0.0414 e. The van der Waals surface area contributed by atoms with E-state index in [-0.39, 0.29) is 0 Å². The fourth-order valence-corrected chi connectivity index (χ4v) is 8.87. The van der Waals surface area contributed by atoms with Crippen LogP contribution in [0.25, 0.3) is 0 Å². The third-order valence-electron chi connectivity index (χ3n) is 12.8. The second kappa shape index (κ2) is 50.0. The Morgan fingerprint density at radius 3 is 0.472 bits per heavy atom. The van der Waals surface area contributed by atoms with Crippen LogP contribution in [0.2, 0.25) is 0 Å². The molecule has 0 N–H and O–H groups in total. The first-order chi connectivity index (χ1) is 26.3. The molecule has 0 spiro atoms. The van der Waals surface area contributed by atoms with Gasteiger partial charge in [-0.3, -0.25) is 0 Å². The topological polar surface area (TPSA) is 0 Å². The second-order valence-corrected chi connectivity index (χ2v) is 18.3. The van der Waals surface area contributed by atoms with Gasteiger partial charge in [-0.1, -0.05) is 335 Å². The number of hydrogen-bond acceptors (Lipinski definition) is 0. The van der Waals surface area contributed by atoms with E-state index in [2.05, 4.69) is 20.8 Å². The van der Waals surface area contributed by atoms with Gasteiger partial charge < -0.3 is 0 Å². The molecule has 0 aliphatic heterocycles. The summed E-state index contributed by atoms with van der Waals surface area (Å²) < 4.78 is 0. The van der Waals surface area contributed by atoms with E-state index in [0.29, 0.717) is 0 Å². The van der Waals surface area contributed by atoms with Gasteiger partial charge in [-0.15, -0.1) is 0 Å². The molecule has 0 heteroatoms. The lowest BCUT2D eigenvalue weighted by Gasteiger charge is -2.14. The van der Waals surface area contributed by atoms with Crippen molar-refractivity contribution >= 4 is 0 Å². The van der Waals surface area contributed by atoms with Crippen LogP contribution in [0.3, 0.4) is 0 Å². The molecule has 0 aliphatic carbocycles. The Balaban J connectivity index is 3.22. The van der Waals surface area contributed by atoms with Gasteiger partial charge >= 0.3 is 0 Å². The second-order valence-electron chi connectivity index (χ2n) is 18.3. The van der Waals surface area contributed by atoms with Crippen LogP contribution in [0.15, 0.2) is 0 Å². The van der Waals surface area contributed by atoms with Crippen LogP contribution in [-0.4, -0.2) is 0 Å². The molecule has 0 atom stereocenters. The number of unbranched alkanes of at least 4 members (excludes halogenated alkanes) is 44. The van der Waals surface area contributed by atoms with Crippen LogP contribution in [0, 0.1) is 12.8 Å². The van der Waals surface area contributed by atoms with Crippen molar-refractivity contribution in [1.29, 1.82) is 0 Å². The predicted octanol–water partition coefficient (Wildman–Crippen LogP) is 20.6. The zero-order chi connectivity index (χ0) is 38.2. The van der Waals surface area contributed by atoms with E-state index in [4.69, 9.17) is 0 Å². The molecule has 0 unspecified atom stereocenters. The van der Waals surface area contributed by atoms with Crippen LogP contribution in [0.5, 0.6) is 0 Å². The largest absolute Gasteiger partial charge is 0.0654 e. The zero-order valence-electron chi connectivity index (χ0n) is 37.9. The molecule has 0 saturated heterocycles. The van der Waals surface area contributed by atoms with Gasteiger partial charge in [0.05, 0.1) is 0 Å². The van der Waals surface area contributed by atoms with Gasteiger partial charge in [0.2, 0.25) is 0 Å². The Morgan fingerprint density at radius 1 is 0.208 bits per heavy atom. The standard InChI is InChI=1S/C53H107/c1-4-7-9-11-13-15-17-19-21-23-25-27-29-31-33-35-37-39-41-43-45-47-49-51-53(6-3)52-50-48-46-44-42-40-38-36-34-32-30-28-26-24-22-20-18-16-14-12-10-8-5-2/h53H,3-52H2,1-2H3. The summed E-state index contributed by atoms with van der Waals surface area (Å²) in [6.45, 7) is 8.93. The molecule has 0 fully saturated rings. The molecule has 1 radical (unpaired) electrons. The van der Waals surface area contributed by atoms with Crippen molar-refractivity contribution in [3.63, 3.8) is 0 Å². The first kappa shape index (κ1) is 53.0. The highest BCUT2D eigenvalue weighted by atomic mass is 14.1. The van der Waals surface area contributed by atoms with Gasteiger partial charge in [0.1, 0.15) is 0 Å². The normalized spacial score (nSPS) is 11.8. The van der Waals surface area contributed by atoms with Crippen molar-refractivity contribution in [1.82, 2.24) is 0 Å². The van der Waals surface area contributed by atoms with Gasteiger partial charge in [0.15, 0.2) is 0 Å². The lowest BCUT2D eigenvalue weighted by atomic mass is 9.92. The molecule has 0 aromatic rings. The van der Waals surface area contributed by atoms with Gasteiger partial charge in [0.25, 0.3) is 0 Å². The molecule has 0 heterocycles. The van der Waals surface area contributed by atoms with Crippen molar-refractivity contribution in [3.05, 3.63) is 6.92 Å². The molecular weight excluding hydrogens is 637 g/mol. The van der Waals surface area contributed by atoms with Crippen molar-refractivity contribution in [2.45, 2.75) is 328 Å². The molecule has 0 aromatic carbocycles. The quantitative estimate of drug-likeness (QED) is 0.0544. The first-order valence-corrected chi connectivity index (χ1v) is 26.1. The highest BCUT2D eigenvalue weighted by Crippen LogP contribution is 2.23. The minimum Gasteiger partial charge on any atom is -0.0654 e. The Kier molecular flexibility index (Phi) is 50.0. The van der Waals surface area contributed by atoms with Crippen LogP contribution < -0.4 is 0 Å². The molecule has 0 aliphatic rings. The van der Waals surface area contributed by atoms with Crippen molar-refractivity contribution in [2.75, 3.05) is 0 Å². The van der Waals surface area contributed by atoms with E-state index in [0.717, 1.165) is 5.92 Å². The highest BCUT2D eigenvalue weighted by molar-refractivity contribution is 4.62. The molecule has 0 bridgehead atoms. The zero-order valence-corrected chi connectivity index (χ0v) is 37.9. The summed E-state index contributed by atoms with van der Waals surface area (Å²) in [5, 5.41) is 0. The molecule has 0 saturated carbocycles. The Hall–Kier alpha value is 0. The highest BCUT2D eigenvalue weighted by Gasteiger charge is 2.06. The van der Waals surface area contributed by atoms with E-state index in [1.54, 1.807) is 0 Å². The van der Waals surface area contributed by atoms with Crippen molar-refractivity contribution in [3.8, 4) is 0 Å². The average Bonchev–Trinajstić information content (AvgIpc) is 3.17. The number of hydrogen-bond donors (Lipinski definition) is 0. The summed E-state index contributed by atoms with van der Waals surface area (Å²) in [4.78, 5) is 0. The maximum absolute atomic E-state index is 4.31. The molecule has 0 amide bonds.